The highest BCUT2D eigenvalue weighted by molar-refractivity contribution is 5.99. The summed E-state index contributed by atoms with van der Waals surface area (Å²) in [5.74, 6) is 1.72. The van der Waals surface area contributed by atoms with Crippen molar-refractivity contribution in [2.24, 2.45) is 0 Å². The van der Waals surface area contributed by atoms with E-state index in [0.29, 0.717) is 48.1 Å². The fraction of sp³-hybridized carbons (Fsp3) is 0.429. The Hall–Kier alpha value is -3.00. The Morgan fingerprint density at radius 1 is 1.00 bits per heavy atom. The van der Waals surface area contributed by atoms with Crippen LogP contribution in [-0.4, -0.2) is 74.0 Å². The van der Waals surface area contributed by atoms with E-state index in [1.165, 1.54) is 6.92 Å². The van der Waals surface area contributed by atoms with E-state index in [1.807, 2.05) is 12.1 Å². The summed E-state index contributed by atoms with van der Waals surface area (Å²) in [5.41, 5.74) is 1.97. The summed E-state index contributed by atoms with van der Waals surface area (Å²) >= 11 is 0. The van der Waals surface area contributed by atoms with Gasteiger partial charge in [0, 0.05) is 50.0 Å². The van der Waals surface area contributed by atoms with Crippen LogP contribution in [0, 0.1) is 0 Å². The molecule has 0 spiro atoms. The number of Topliss-reactive ketones (excluding diaryl/α,β-unsaturated/α-hetero) is 1. The first-order valence-electron chi connectivity index (χ1n) is 9.47. The second-order valence-corrected chi connectivity index (χ2v) is 6.92. The minimum atomic E-state index is -0.0825. The lowest BCUT2D eigenvalue weighted by Crippen LogP contribution is -2.48. The Balaban J connectivity index is 1.64. The third-order valence-electron chi connectivity index (χ3n) is 5.16. The molecule has 29 heavy (non-hydrogen) atoms. The zero-order valence-electron chi connectivity index (χ0n) is 17.3. The van der Waals surface area contributed by atoms with Gasteiger partial charge in [0.1, 0.15) is 5.69 Å². The highest BCUT2D eigenvalue weighted by Gasteiger charge is 2.25. The number of hydrogen-bond acceptors (Lipinski definition) is 6. The van der Waals surface area contributed by atoms with Crippen LogP contribution >= 0.6 is 0 Å². The number of carbonyl (C=O) groups is 2. The molecule has 1 amide bonds. The summed E-state index contributed by atoms with van der Waals surface area (Å²) in [4.78, 5) is 31.1. The molecule has 0 bridgehead atoms. The van der Waals surface area contributed by atoms with Crippen LogP contribution in [-0.2, 0) is 6.54 Å². The number of H-pyrrole nitrogens is 1. The van der Waals surface area contributed by atoms with E-state index >= 15 is 0 Å². The van der Waals surface area contributed by atoms with Crippen LogP contribution in [0.5, 0.6) is 17.2 Å². The highest BCUT2D eigenvalue weighted by Crippen LogP contribution is 2.40. The number of hydrogen-bond donors (Lipinski definition) is 1. The van der Waals surface area contributed by atoms with Gasteiger partial charge in [-0.2, -0.15) is 0 Å². The molecular weight excluding hydrogens is 374 g/mol. The van der Waals surface area contributed by atoms with Crippen molar-refractivity contribution in [3.63, 3.8) is 0 Å². The van der Waals surface area contributed by atoms with Gasteiger partial charge in [0.05, 0.1) is 21.3 Å². The van der Waals surface area contributed by atoms with E-state index in [4.69, 9.17) is 14.2 Å². The van der Waals surface area contributed by atoms with Crippen molar-refractivity contribution in [1.29, 1.82) is 0 Å². The molecule has 8 heteroatoms. The minimum Gasteiger partial charge on any atom is -0.493 e. The maximum atomic E-state index is 12.7. The molecule has 1 fully saturated rings. The monoisotopic (exact) mass is 401 g/mol. The Kier molecular flexibility index (Phi) is 6.43. The summed E-state index contributed by atoms with van der Waals surface area (Å²) in [5, 5.41) is 0. The number of nitrogens with one attached hydrogen (secondary N) is 1. The SMILES string of the molecule is COc1ccc(CN2CCN(C(=O)c3cc(C(C)=O)c[nH]3)CC2)c(OC)c1OC. The normalized spacial score (nSPS) is 14.6. The molecule has 156 valence electrons. The standard InChI is InChI=1S/C21H27N3O5/c1-14(25)16-11-17(22-12-16)21(26)24-9-7-23(8-10-24)13-15-5-6-18(27-2)20(29-4)19(15)28-3/h5-6,11-12,22H,7-10,13H2,1-4H3. The van der Waals surface area contributed by atoms with Crippen LogP contribution in [0.25, 0.3) is 0 Å². The summed E-state index contributed by atoms with van der Waals surface area (Å²) in [7, 11) is 4.80. The molecule has 0 radical (unpaired) electrons. The maximum absolute atomic E-state index is 12.7. The van der Waals surface area contributed by atoms with Crippen LogP contribution in [0.15, 0.2) is 24.4 Å². The minimum absolute atomic E-state index is 0.0611. The van der Waals surface area contributed by atoms with Gasteiger partial charge in [0.25, 0.3) is 5.91 Å². The Labute approximate surface area is 170 Å². The van der Waals surface area contributed by atoms with Gasteiger partial charge in [0.2, 0.25) is 5.75 Å². The quantitative estimate of drug-likeness (QED) is 0.716. The van der Waals surface area contributed by atoms with E-state index in [2.05, 4.69) is 9.88 Å². The average Bonchev–Trinajstić information content (AvgIpc) is 3.24. The van der Waals surface area contributed by atoms with E-state index < -0.39 is 0 Å². The number of aromatic nitrogens is 1. The van der Waals surface area contributed by atoms with Crippen molar-refractivity contribution in [3.8, 4) is 17.2 Å². The molecule has 1 aliphatic rings. The van der Waals surface area contributed by atoms with E-state index in [1.54, 1.807) is 38.5 Å². The summed E-state index contributed by atoms with van der Waals surface area (Å²) < 4.78 is 16.4. The van der Waals surface area contributed by atoms with Crippen LogP contribution in [0.4, 0.5) is 0 Å². The Bertz CT molecular complexity index is 884. The van der Waals surface area contributed by atoms with Crippen LogP contribution in [0.2, 0.25) is 0 Å². The average molecular weight is 401 g/mol. The molecule has 1 N–H and O–H groups in total. The molecule has 2 heterocycles. The number of benzene rings is 1. The fourth-order valence-electron chi connectivity index (χ4n) is 3.53. The van der Waals surface area contributed by atoms with Gasteiger partial charge in [-0.05, 0) is 19.1 Å². The van der Waals surface area contributed by atoms with Crippen LogP contribution in [0.3, 0.4) is 0 Å². The van der Waals surface area contributed by atoms with Crippen LogP contribution in [0.1, 0.15) is 33.3 Å². The predicted molar refractivity (Wildman–Crippen MR) is 108 cm³/mol. The van der Waals surface area contributed by atoms with Crippen molar-refractivity contribution in [3.05, 3.63) is 41.2 Å². The van der Waals surface area contributed by atoms with E-state index in [0.717, 1.165) is 18.7 Å². The van der Waals surface area contributed by atoms with Crippen molar-refractivity contribution in [2.45, 2.75) is 13.5 Å². The van der Waals surface area contributed by atoms with Gasteiger partial charge < -0.3 is 24.1 Å². The number of nitrogens with zero attached hydrogens (tertiary/aromatic N) is 2. The van der Waals surface area contributed by atoms with Gasteiger partial charge in [-0.1, -0.05) is 6.07 Å². The number of ketones is 1. The molecule has 0 aliphatic carbocycles. The molecule has 1 aliphatic heterocycles. The third-order valence-corrected chi connectivity index (χ3v) is 5.16. The number of amides is 1. The lowest BCUT2D eigenvalue weighted by molar-refractivity contribution is 0.0622. The Morgan fingerprint density at radius 3 is 2.24 bits per heavy atom. The first-order chi connectivity index (χ1) is 14.0. The molecule has 0 atom stereocenters. The van der Waals surface area contributed by atoms with Crippen LogP contribution < -0.4 is 14.2 Å². The summed E-state index contributed by atoms with van der Waals surface area (Å²) in [6.45, 7) is 4.87. The lowest BCUT2D eigenvalue weighted by atomic mass is 10.1. The van der Waals surface area contributed by atoms with Crippen molar-refractivity contribution >= 4 is 11.7 Å². The largest absolute Gasteiger partial charge is 0.493 e. The molecule has 0 unspecified atom stereocenters. The second-order valence-electron chi connectivity index (χ2n) is 6.92. The van der Waals surface area contributed by atoms with Gasteiger partial charge in [-0.15, -0.1) is 0 Å². The summed E-state index contributed by atoms with van der Waals surface area (Å²) in [6, 6.07) is 5.46. The topological polar surface area (TPSA) is 84.1 Å². The van der Waals surface area contributed by atoms with E-state index in [-0.39, 0.29) is 11.7 Å². The molecule has 0 saturated carbocycles. The maximum Gasteiger partial charge on any atom is 0.270 e. The number of carbonyl (C=O) groups excluding carboxylic acids is 2. The fourth-order valence-corrected chi connectivity index (χ4v) is 3.53. The van der Waals surface area contributed by atoms with Crippen molar-refractivity contribution in [1.82, 2.24) is 14.8 Å². The zero-order valence-corrected chi connectivity index (χ0v) is 17.3. The zero-order chi connectivity index (χ0) is 21.0. The smallest absolute Gasteiger partial charge is 0.270 e. The van der Waals surface area contributed by atoms with Gasteiger partial charge in [-0.3, -0.25) is 14.5 Å². The molecule has 2 aromatic rings. The first kappa shape index (κ1) is 20.7. The molecule has 1 aromatic carbocycles. The summed E-state index contributed by atoms with van der Waals surface area (Å²) in [6.07, 6.45) is 1.58. The molecular formula is C21H27N3O5. The molecule has 3 rings (SSSR count). The van der Waals surface area contributed by atoms with Gasteiger partial charge in [-0.25, -0.2) is 0 Å². The number of aromatic amines is 1. The first-order valence-corrected chi connectivity index (χ1v) is 9.47. The van der Waals surface area contributed by atoms with E-state index in [9.17, 15) is 9.59 Å². The van der Waals surface area contributed by atoms with Gasteiger partial charge in [0.15, 0.2) is 17.3 Å². The predicted octanol–water partition coefficient (Wildman–Crippen LogP) is 2.20. The van der Waals surface area contributed by atoms with Crippen molar-refractivity contribution < 1.29 is 23.8 Å². The Morgan fingerprint density at radius 2 is 1.69 bits per heavy atom. The van der Waals surface area contributed by atoms with Crippen molar-refractivity contribution in [2.75, 3.05) is 47.5 Å². The van der Waals surface area contributed by atoms with Gasteiger partial charge >= 0.3 is 0 Å². The third kappa shape index (κ3) is 4.37. The molecule has 8 nitrogen and oxygen atoms in total. The molecule has 1 aromatic heterocycles. The number of piperazine rings is 1. The lowest BCUT2D eigenvalue weighted by Gasteiger charge is -2.34. The number of ether oxygens (including phenoxy) is 3. The molecule has 1 saturated heterocycles. The second kappa shape index (κ2) is 9.00. The number of methoxy groups -OCH3 is 3. The number of rotatable bonds is 7. The highest BCUT2D eigenvalue weighted by atomic mass is 16.5.